The van der Waals surface area contributed by atoms with Crippen LogP contribution in [0.5, 0.6) is 0 Å². The van der Waals surface area contributed by atoms with Gasteiger partial charge >= 0.3 is 5.97 Å². The minimum Gasteiger partial charge on any atom is -0.462 e. The summed E-state index contributed by atoms with van der Waals surface area (Å²) in [5.74, 6) is -0.208. The predicted octanol–water partition coefficient (Wildman–Crippen LogP) is 0.0924. The number of hydrogen-bond donors (Lipinski definition) is 2. The molecule has 2 aromatic heterocycles. The molecule has 2 aromatic rings. The summed E-state index contributed by atoms with van der Waals surface area (Å²) in [7, 11) is 0. The summed E-state index contributed by atoms with van der Waals surface area (Å²) in [5.41, 5.74) is 0.520. The Labute approximate surface area is 137 Å². The summed E-state index contributed by atoms with van der Waals surface area (Å²) in [6.07, 6.45) is 5.87. The van der Waals surface area contributed by atoms with Crippen molar-refractivity contribution >= 4 is 17.1 Å². The van der Waals surface area contributed by atoms with Gasteiger partial charge in [-0.2, -0.15) is 0 Å². The van der Waals surface area contributed by atoms with Crippen LogP contribution in [0.1, 0.15) is 31.9 Å². The molecule has 4 heterocycles. The summed E-state index contributed by atoms with van der Waals surface area (Å²) in [4.78, 5) is 34.4. The van der Waals surface area contributed by atoms with Crippen molar-refractivity contribution in [2.45, 2.75) is 44.1 Å². The number of aromatic amines is 1. The molecule has 3 atom stereocenters. The third kappa shape index (κ3) is 2.80. The molecule has 4 rings (SSSR count). The molecule has 0 aromatic carbocycles. The van der Waals surface area contributed by atoms with Gasteiger partial charge in [0.05, 0.1) is 18.8 Å². The molecule has 0 aliphatic carbocycles. The first-order valence-electron chi connectivity index (χ1n) is 8.18. The first-order valence-corrected chi connectivity index (χ1v) is 8.18. The van der Waals surface area contributed by atoms with Crippen LogP contribution in [0.15, 0.2) is 17.4 Å². The Balaban J connectivity index is 1.38. The van der Waals surface area contributed by atoms with Crippen molar-refractivity contribution in [3.8, 4) is 0 Å². The highest BCUT2D eigenvalue weighted by molar-refractivity contribution is 5.76. The molecule has 0 unspecified atom stereocenters. The van der Waals surface area contributed by atoms with Crippen LogP contribution in [0, 0.1) is 0 Å². The van der Waals surface area contributed by atoms with Crippen molar-refractivity contribution < 1.29 is 14.3 Å². The normalized spacial score (nSPS) is 26.9. The lowest BCUT2D eigenvalue weighted by Crippen LogP contribution is -2.34. The Morgan fingerprint density at radius 3 is 3.12 bits per heavy atom. The van der Waals surface area contributed by atoms with Crippen LogP contribution >= 0.6 is 0 Å². The van der Waals surface area contributed by atoms with Gasteiger partial charge in [-0.1, -0.05) is 0 Å². The van der Waals surface area contributed by atoms with E-state index >= 15 is 0 Å². The molecule has 2 fully saturated rings. The van der Waals surface area contributed by atoms with E-state index < -0.39 is 0 Å². The van der Waals surface area contributed by atoms with E-state index in [0.29, 0.717) is 11.2 Å². The lowest BCUT2D eigenvalue weighted by molar-refractivity contribution is -0.150. The number of esters is 1. The van der Waals surface area contributed by atoms with Gasteiger partial charge in [0.25, 0.3) is 5.56 Å². The number of nitrogens with one attached hydrogen (secondary N) is 2. The number of aromatic nitrogens is 4. The molecule has 2 saturated heterocycles. The van der Waals surface area contributed by atoms with Crippen molar-refractivity contribution in [1.82, 2.24) is 24.8 Å². The molecule has 0 bridgehead atoms. The summed E-state index contributed by atoms with van der Waals surface area (Å²) >= 11 is 0. The highest BCUT2D eigenvalue weighted by atomic mass is 16.6. The van der Waals surface area contributed by atoms with Gasteiger partial charge in [0.2, 0.25) is 0 Å². The Bertz CT molecular complexity index is 795. The van der Waals surface area contributed by atoms with Crippen LogP contribution in [0.2, 0.25) is 0 Å². The average Bonchev–Trinajstić information content (AvgIpc) is 3.32. The van der Waals surface area contributed by atoms with Crippen molar-refractivity contribution in [2.75, 3.05) is 13.2 Å². The van der Waals surface area contributed by atoms with Crippen molar-refractivity contribution in [2.24, 2.45) is 0 Å². The number of H-pyrrole nitrogens is 1. The van der Waals surface area contributed by atoms with E-state index in [4.69, 9.17) is 9.47 Å². The van der Waals surface area contributed by atoms with E-state index in [1.165, 1.54) is 6.33 Å². The van der Waals surface area contributed by atoms with E-state index in [1.54, 1.807) is 10.9 Å². The maximum atomic E-state index is 11.9. The zero-order valence-electron chi connectivity index (χ0n) is 13.1. The Morgan fingerprint density at radius 1 is 1.38 bits per heavy atom. The number of carbonyl (C=O) groups excluding carboxylic acids is 1. The number of ether oxygens (including phenoxy) is 2. The molecule has 0 spiro atoms. The topological polar surface area (TPSA) is 111 Å². The number of rotatable bonds is 4. The molecule has 0 radical (unpaired) electrons. The zero-order valence-corrected chi connectivity index (χ0v) is 13.1. The third-order valence-corrected chi connectivity index (χ3v) is 4.52. The second-order valence-corrected chi connectivity index (χ2v) is 6.12. The molecule has 0 amide bonds. The lowest BCUT2D eigenvalue weighted by Gasteiger charge is -2.16. The third-order valence-electron chi connectivity index (χ3n) is 4.52. The van der Waals surface area contributed by atoms with E-state index in [0.717, 1.165) is 32.2 Å². The average molecular weight is 333 g/mol. The number of hydrogen-bond acceptors (Lipinski definition) is 7. The predicted molar refractivity (Wildman–Crippen MR) is 83.3 cm³/mol. The monoisotopic (exact) mass is 333 g/mol. The van der Waals surface area contributed by atoms with E-state index in [9.17, 15) is 9.59 Å². The summed E-state index contributed by atoms with van der Waals surface area (Å²) in [5, 5.41) is 3.12. The van der Waals surface area contributed by atoms with Gasteiger partial charge in [0, 0.05) is 0 Å². The minimum absolute atomic E-state index is 0.153. The van der Waals surface area contributed by atoms with Crippen molar-refractivity contribution in [3.05, 3.63) is 23.0 Å². The second kappa shape index (κ2) is 6.33. The van der Waals surface area contributed by atoms with Crippen LogP contribution in [0.4, 0.5) is 0 Å². The fourth-order valence-electron chi connectivity index (χ4n) is 3.25. The van der Waals surface area contributed by atoms with Gasteiger partial charge in [-0.3, -0.25) is 14.2 Å². The van der Waals surface area contributed by atoms with E-state index in [1.807, 2.05) is 0 Å². The van der Waals surface area contributed by atoms with E-state index in [2.05, 4.69) is 20.3 Å². The maximum Gasteiger partial charge on any atom is 0.323 e. The molecule has 0 saturated carbocycles. The van der Waals surface area contributed by atoms with E-state index in [-0.39, 0.29) is 36.5 Å². The zero-order chi connectivity index (χ0) is 16.5. The van der Waals surface area contributed by atoms with Crippen LogP contribution in [0.25, 0.3) is 11.2 Å². The van der Waals surface area contributed by atoms with Gasteiger partial charge in [-0.05, 0) is 32.2 Å². The second-order valence-electron chi connectivity index (χ2n) is 6.12. The molecular weight excluding hydrogens is 314 g/mol. The molecule has 9 nitrogen and oxygen atoms in total. The summed E-state index contributed by atoms with van der Waals surface area (Å²) in [6.45, 7) is 1.11. The molecule has 24 heavy (non-hydrogen) atoms. The number of imidazole rings is 1. The standard InChI is InChI=1S/C15H19N5O4/c21-14-12-13(17-7-18-14)20(8-19-12)11-4-3-9(24-11)6-23-15(22)10-2-1-5-16-10/h7-11,16H,1-6H2,(H,17,18,21)/t9-,10-,11+/m0/s1. The van der Waals surface area contributed by atoms with Gasteiger partial charge in [-0.15, -0.1) is 0 Å². The van der Waals surface area contributed by atoms with Gasteiger partial charge < -0.3 is 19.8 Å². The summed E-state index contributed by atoms with van der Waals surface area (Å²) < 4.78 is 13.1. The SMILES string of the molecule is O=C(OC[C@@H]1CC[C@H](n2cnc3c(=O)[nH]cnc32)O1)[C@@H]1CCCN1. The first-order chi connectivity index (χ1) is 11.7. The smallest absolute Gasteiger partial charge is 0.323 e. The molecule has 9 heteroatoms. The van der Waals surface area contributed by atoms with Crippen molar-refractivity contribution in [1.29, 1.82) is 0 Å². The minimum atomic E-state index is -0.272. The van der Waals surface area contributed by atoms with Gasteiger partial charge in [0.1, 0.15) is 18.9 Å². The number of fused-ring (bicyclic) bond motifs is 1. The van der Waals surface area contributed by atoms with Crippen LogP contribution in [0.3, 0.4) is 0 Å². The van der Waals surface area contributed by atoms with Gasteiger partial charge in [0.15, 0.2) is 11.2 Å². The Morgan fingerprint density at radius 2 is 2.29 bits per heavy atom. The van der Waals surface area contributed by atoms with Crippen molar-refractivity contribution in [3.63, 3.8) is 0 Å². The maximum absolute atomic E-state index is 11.9. The molecule has 2 N–H and O–H groups in total. The van der Waals surface area contributed by atoms with Crippen LogP contribution < -0.4 is 10.9 Å². The van der Waals surface area contributed by atoms with Gasteiger partial charge in [-0.25, -0.2) is 9.97 Å². The fourth-order valence-corrected chi connectivity index (χ4v) is 3.25. The summed E-state index contributed by atoms with van der Waals surface area (Å²) in [6, 6.07) is -0.185. The highest BCUT2D eigenvalue weighted by Crippen LogP contribution is 2.30. The lowest BCUT2D eigenvalue weighted by atomic mass is 10.2. The van der Waals surface area contributed by atoms with Crippen LogP contribution in [-0.2, 0) is 14.3 Å². The largest absolute Gasteiger partial charge is 0.462 e. The molecular formula is C15H19N5O4. The quantitative estimate of drug-likeness (QED) is 0.763. The fraction of sp³-hybridized carbons (Fsp3) is 0.600. The van der Waals surface area contributed by atoms with Crippen LogP contribution in [-0.4, -0.2) is 50.8 Å². The Hall–Kier alpha value is -2.26. The highest BCUT2D eigenvalue weighted by Gasteiger charge is 2.30. The number of carbonyl (C=O) groups is 1. The molecule has 2 aliphatic rings. The molecule has 2 aliphatic heterocycles. The number of nitrogens with zero attached hydrogens (tertiary/aromatic N) is 3. The Kier molecular flexibility index (Phi) is 4.03. The molecule has 128 valence electrons. The first kappa shape index (κ1) is 15.3.